The van der Waals surface area contributed by atoms with Gasteiger partial charge in [-0.1, -0.05) is 0 Å². The van der Waals surface area contributed by atoms with E-state index >= 15 is 0 Å². The molecule has 2 saturated heterocycles. The number of aliphatic hydroxyl groups is 1. The minimum Gasteiger partial charge on any atom is -0.393 e. The molecule has 2 aliphatic heterocycles. The van der Waals surface area contributed by atoms with E-state index in [2.05, 4.69) is 5.32 Å². The summed E-state index contributed by atoms with van der Waals surface area (Å²) in [6.07, 6.45) is 0.990. The molecule has 3 heteroatoms. The van der Waals surface area contributed by atoms with Crippen LogP contribution in [0.3, 0.4) is 0 Å². The maximum absolute atomic E-state index is 8.88. The Hall–Kier alpha value is -0.120. The summed E-state index contributed by atoms with van der Waals surface area (Å²) in [6, 6.07) is 0.511. The Morgan fingerprint density at radius 1 is 1.78 bits per heavy atom. The van der Waals surface area contributed by atoms with Gasteiger partial charge in [0.25, 0.3) is 0 Å². The van der Waals surface area contributed by atoms with Crippen molar-refractivity contribution in [1.29, 1.82) is 0 Å². The normalized spacial score (nSPS) is 48.3. The average molecular weight is 129 g/mol. The highest BCUT2D eigenvalue weighted by atomic mass is 16.5. The Kier molecular flexibility index (Phi) is 1.06. The molecule has 0 aromatic rings. The Balaban J connectivity index is 2.13. The number of hydrogen-bond donors (Lipinski definition) is 2. The van der Waals surface area contributed by atoms with E-state index in [0.717, 1.165) is 19.6 Å². The largest absolute Gasteiger partial charge is 0.393 e. The van der Waals surface area contributed by atoms with Gasteiger partial charge in [0.2, 0.25) is 0 Å². The first-order valence-corrected chi connectivity index (χ1v) is 3.33. The van der Waals surface area contributed by atoms with Crippen LogP contribution in [0, 0.1) is 0 Å². The zero-order valence-corrected chi connectivity index (χ0v) is 5.26. The van der Waals surface area contributed by atoms with Gasteiger partial charge in [0.1, 0.15) is 5.60 Å². The molecular formula is C6H11NO2. The van der Waals surface area contributed by atoms with Crippen molar-refractivity contribution in [3.8, 4) is 0 Å². The van der Waals surface area contributed by atoms with Crippen LogP contribution in [-0.2, 0) is 4.74 Å². The first-order chi connectivity index (χ1) is 4.35. The minimum absolute atomic E-state index is 0.163. The van der Waals surface area contributed by atoms with Gasteiger partial charge in [0, 0.05) is 12.6 Å². The van der Waals surface area contributed by atoms with Gasteiger partial charge in [0.05, 0.1) is 13.2 Å². The SMILES string of the molecule is OC[C@@]12CNC(CO1)C2. The van der Waals surface area contributed by atoms with Gasteiger partial charge in [-0.05, 0) is 6.42 Å². The summed E-state index contributed by atoms with van der Waals surface area (Å²) >= 11 is 0. The van der Waals surface area contributed by atoms with Crippen LogP contribution in [0.1, 0.15) is 6.42 Å². The van der Waals surface area contributed by atoms with Gasteiger partial charge >= 0.3 is 0 Å². The van der Waals surface area contributed by atoms with E-state index in [0.29, 0.717) is 6.04 Å². The third-order valence-electron chi connectivity index (χ3n) is 2.21. The second-order valence-corrected chi connectivity index (χ2v) is 2.93. The number of nitrogens with one attached hydrogen (secondary N) is 1. The van der Waals surface area contributed by atoms with Crippen molar-refractivity contribution in [1.82, 2.24) is 5.32 Å². The maximum atomic E-state index is 8.88. The second-order valence-electron chi connectivity index (χ2n) is 2.93. The molecule has 0 aromatic heterocycles. The maximum Gasteiger partial charge on any atom is 0.105 e. The second kappa shape index (κ2) is 1.68. The summed E-state index contributed by atoms with van der Waals surface area (Å²) in [6.45, 7) is 1.77. The molecule has 0 amide bonds. The molecule has 1 unspecified atom stereocenters. The van der Waals surface area contributed by atoms with E-state index in [1.165, 1.54) is 0 Å². The fraction of sp³-hybridized carbons (Fsp3) is 1.00. The zero-order chi connectivity index (χ0) is 6.32. The van der Waals surface area contributed by atoms with Gasteiger partial charge in [0.15, 0.2) is 0 Å². The standard InChI is InChI=1S/C6H11NO2/c8-4-6-1-5(2-9-6)7-3-6/h5,7-8H,1-4H2/t5?,6-/m1/s1. The Labute approximate surface area is 54.0 Å². The third-order valence-corrected chi connectivity index (χ3v) is 2.21. The highest BCUT2D eigenvalue weighted by Crippen LogP contribution is 2.30. The first kappa shape index (κ1) is 5.65. The van der Waals surface area contributed by atoms with Crippen molar-refractivity contribution in [2.24, 2.45) is 0 Å². The molecule has 2 atom stereocenters. The molecule has 2 heterocycles. The van der Waals surface area contributed by atoms with Crippen molar-refractivity contribution < 1.29 is 9.84 Å². The number of rotatable bonds is 1. The topological polar surface area (TPSA) is 41.5 Å². The molecule has 0 aliphatic carbocycles. The van der Waals surface area contributed by atoms with Crippen molar-refractivity contribution in [2.75, 3.05) is 19.8 Å². The smallest absolute Gasteiger partial charge is 0.105 e. The highest BCUT2D eigenvalue weighted by molar-refractivity contribution is 5.00. The molecule has 3 nitrogen and oxygen atoms in total. The van der Waals surface area contributed by atoms with E-state index in [4.69, 9.17) is 9.84 Å². The lowest BCUT2D eigenvalue weighted by molar-refractivity contribution is -0.0432. The van der Waals surface area contributed by atoms with Crippen LogP contribution in [0.4, 0.5) is 0 Å². The van der Waals surface area contributed by atoms with E-state index in [1.807, 2.05) is 0 Å². The molecule has 2 bridgehead atoms. The van der Waals surface area contributed by atoms with E-state index in [9.17, 15) is 0 Å². The van der Waals surface area contributed by atoms with E-state index in [1.54, 1.807) is 0 Å². The molecule has 52 valence electrons. The van der Waals surface area contributed by atoms with Gasteiger partial charge in [-0.15, -0.1) is 0 Å². The quantitative estimate of drug-likeness (QED) is 0.482. The predicted octanol–water partition coefficient (Wildman–Crippen LogP) is -0.890. The first-order valence-electron chi connectivity index (χ1n) is 3.33. The highest BCUT2D eigenvalue weighted by Gasteiger charge is 2.45. The average Bonchev–Trinajstić information content (AvgIpc) is 2.46. The van der Waals surface area contributed by atoms with Crippen LogP contribution in [0.25, 0.3) is 0 Å². The molecular weight excluding hydrogens is 118 g/mol. The fourth-order valence-electron chi connectivity index (χ4n) is 1.60. The van der Waals surface area contributed by atoms with Crippen molar-refractivity contribution in [3.63, 3.8) is 0 Å². The van der Waals surface area contributed by atoms with Crippen molar-refractivity contribution in [2.45, 2.75) is 18.1 Å². The van der Waals surface area contributed by atoms with Gasteiger partial charge < -0.3 is 15.2 Å². The monoisotopic (exact) mass is 129 g/mol. The summed E-state index contributed by atoms with van der Waals surface area (Å²) in [5.74, 6) is 0. The molecule has 0 spiro atoms. The van der Waals surface area contributed by atoms with Crippen LogP contribution in [0.5, 0.6) is 0 Å². The van der Waals surface area contributed by atoms with Gasteiger partial charge in [-0.25, -0.2) is 0 Å². The lowest BCUT2D eigenvalue weighted by Gasteiger charge is -2.23. The fourth-order valence-corrected chi connectivity index (χ4v) is 1.60. The third kappa shape index (κ3) is 0.689. The van der Waals surface area contributed by atoms with Crippen LogP contribution in [0.2, 0.25) is 0 Å². The minimum atomic E-state index is -0.204. The molecule has 0 radical (unpaired) electrons. The van der Waals surface area contributed by atoms with Crippen LogP contribution >= 0.6 is 0 Å². The molecule has 2 aliphatic rings. The summed E-state index contributed by atoms with van der Waals surface area (Å²) in [4.78, 5) is 0. The molecule has 0 saturated carbocycles. The predicted molar refractivity (Wildman–Crippen MR) is 32.2 cm³/mol. The Morgan fingerprint density at radius 3 is 2.89 bits per heavy atom. The van der Waals surface area contributed by atoms with Crippen LogP contribution in [-0.4, -0.2) is 36.5 Å². The van der Waals surface area contributed by atoms with Gasteiger partial charge in [-0.3, -0.25) is 0 Å². The summed E-state index contributed by atoms with van der Waals surface area (Å²) in [5.41, 5.74) is -0.204. The van der Waals surface area contributed by atoms with Crippen molar-refractivity contribution in [3.05, 3.63) is 0 Å². The summed E-state index contributed by atoms with van der Waals surface area (Å²) in [7, 11) is 0. The number of fused-ring (bicyclic) bond motifs is 2. The Morgan fingerprint density at radius 2 is 2.67 bits per heavy atom. The Bertz CT molecular complexity index is 118. The number of aliphatic hydroxyl groups excluding tert-OH is 1. The molecule has 2 N–H and O–H groups in total. The van der Waals surface area contributed by atoms with E-state index < -0.39 is 0 Å². The number of ether oxygens (including phenoxy) is 1. The number of hydrogen-bond acceptors (Lipinski definition) is 3. The summed E-state index contributed by atoms with van der Waals surface area (Å²) in [5, 5.41) is 12.1. The van der Waals surface area contributed by atoms with E-state index in [-0.39, 0.29) is 12.2 Å². The summed E-state index contributed by atoms with van der Waals surface area (Å²) < 4.78 is 5.38. The van der Waals surface area contributed by atoms with Crippen LogP contribution in [0.15, 0.2) is 0 Å². The lowest BCUT2D eigenvalue weighted by Crippen LogP contribution is -2.41. The lowest BCUT2D eigenvalue weighted by atomic mass is 10.1. The molecule has 0 aromatic carbocycles. The van der Waals surface area contributed by atoms with Gasteiger partial charge in [-0.2, -0.15) is 0 Å². The molecule has 2 fully saturated rings. The zero-order valence-electron chi connectivity index (χ0n) is 5.26. The number of morpholine rings is 1. The molecule has 9 heavy (non-hydrogen) atoms. The van der Waals surface area contributed by atoms with Crippen LogP contribution < -0.4 is 5.32 Å². The van der Waals surface area contributed by atoms with Crippen molar-refractivity contribution >= 4 is 0 Å². The molecule has 2 rings (SSSR count).